The predicted molar refractivity (Wildman–Crippen MR) is 97.0 cm³/mol. The molecule has 3 rings (SSSR count). The molecule has 0 unspecified atom stereocenters. The van der Waals surface area contributed by atoms with Crippen molar-refractivity contribution in [2.24, 2.45) is 0 Å². The lowest BCUT2D eigenvalue weighted by Crippen LogP contribution is -2.12. The second-order valence-corrected chi connectivity index (χ2v) is 5.76. The van der Waals surface area contributed by atoms with E-state index in [-0.39, 0.29) is 17.4 Å². The van der Waals surface area contributed by atoms with E-state index in [0.717, 1.165) is 5.56 Å². The van der Waals surface area contributed by atoms with Crippen LogP contribution in [0.2, 0.25) is 5.02 Å². The first-order chi connectivity index (χ1) is 12.5. The number of carbonyl (C=O) groups is 1. The Balaban J connectivity index is 2.08. The van der Waals surface area contributed by atoms with Crippen LogP contribution in [-0.2, 0) is 9.53 Å². The van der Waals surface area contributed by atoms with E-state index >= 15 is 0 Å². The first kappa shape index (κ1) is 17.8. The van der Waals surface area contributed by atoms with Gasteiger partial charge < -0.3 is 18.6 Å². The molecular formula is C19H15ClO6. The lowest BCUT2D eigenvalue weighted by Gasteiger charge is -2.11. The maximum atomic E-state index is 12.0. The van der Waals surface area contributed by atoms with Crippen molar-refractivity contribution < 1.29 is 23.4 Å². The fourth-order valence-corrected chi connectivity index (χ4v) is 2.70. The van der Waals surface area contributed by atoms with Gasteiger partial charge in [-0.05, 0) is 29.3 Å². The van der Waals surface area contributed by atoms with Crippen molar-refractivity contribution in [1.29, 1.82) is 0 Å². The average molecular weight is 375 g/mol. The lowest BCUT2D eigenvalue weighted by molar-refractivity contribution is -0.142. The highest BCUT2D eigenvalue weighted by Crippen LogP contribution is 2.35. The lowest BCUT2D eigenvalue weighted by atomic mass is 10.0. The molecule has 0 radical (unpaired) electrons. The van der Waals surface area contributed by atoms with Crippen molar-refractivity contribution in [2.75, 3.05) is 20.8 Å². The number of rotatable bonds is 5. The van der Waals surface area contributed by atoms with Crippen LogP contribution in [0.1, 0.15) is 0 Å². The van der Waals surface area contributed by atoms with Crippen LogP contribution in [-0.4, -0.2) is 26.8 Å². The Kier molecular flexibility index (Phi) is 5.14. The van der Waals surface area contributed by atoms with E-state index in [9.17, 15) is 9.59 Å². The molecule has 26 heavy (non-hydrogen) atoms. The highest BCUT2D eigenvalue weighted by atomic mass is 35.5. The molecular weight excluding hydrogens is 360 g/mol. The first-order valence-electron chi connectivity index (χ1n) is 7.63. The summed E-state index contributed by atoms with van der Waals surface area (Å²) in [5.41, 5.74) is 1.26. The van der Waals surface area contributed by atoms with E-state index in [4.69, 9.17) is 25.5 Å². The molecule has 0 aliphatic carbocycles. The van der Waals surface area contributed by atoms with Gasteiger partial charge in [0, 0.05) is 17.5 Å². The van der Waals surface area contributed by atoms with Crippen LogP contribution in [0.25, 0.3) is 22.1 Å². The van der Waals surface area contributed by atoms with Crippen LogP contribution in [0.15, 0.2) is 51.7 Å². The zero-order valence-electron chi connectivity index (χ0n) is 14.1. The van der Waals surface area contributed by atoms with Gasteiger partial charge in [-0.25, -0.2) is 9.59 Å². The zero-order valence-corrected chi connectivity index (χ0v) is 14.8. The average Bonchev–Trinajstić information content (AvgIpc) is 2.66. The number of fused-ring (bicyclic) bond motifs is 1. The number of carbonyl (C=O) groups excluding carboxylic acids is 1. The summed E-state index contributed by atoms with van der Waals surface area (Å²) in [6, 6.07) is 11.8. The Morgan fingerprint density at radius 2 is 1.85 bits per heavy atom. The topological polar surface area (TPSA) is 75.0 Å². The van der Waals surface area contributed by atoms with Gasteiger partial charge in [0.05, 0.1) is 19.2 Å². The van der Waals surface area contributed by atoms with Crippen LogP contribution >= 0.6 is 11.6 Å². The molecule has 0 spiro atoms. The van der Waals surface area contributed by atoms with E-state index in [0.29, 0.717) is 22.3 Å². The molecule has 2 aromatic carbocycles. The van der Waals surface area contributed by atoms with Gasteiger partial charge >= 0.3 is 11.6 Å². The predicted octanol–water partition coefficient (Wildman–Crippen LogP) is 3.67. The Bertz CT molecular complexity index is 1010. The Labute approximate surface area is 153 Å². The molecule has 134 valence electrons. The fraction of sp³-hybridized carbons (Fsp3) is 0.158. The molecule has 7 heteroatoms. The molecule has 0 bridgehead atoms. The SMILES string of the molecule is COC(=O)COc1cc2oc(=O)cc(-c3ccc(OC)cc3)c2cc1Cl. The molecule has 0 N–H and O–H groups in total. The van der Waals surface area contributed by atoms with Gasteiger partial charge in [-0.2, -0.15) is 0 Å². The summed E-state index contributed by atoms with van der Waals surface area (Å²) in [7, 11) is 2.84. The normalized spacial score (nSPS) is 10.6. The number of benzene rings is 2. The molecule has 0 saturated carbocycles. The van der Waals surface area contributed by atoms with E-state index in [1.165, 1.54) is 19.2 Å². The molecule has 0 aliphatic rings. The minimum absolute atomic E-state index is 0.222. The number of esters is 1. The number of hydrogen-bond acceptors (Lipinski definition) is 6. The van der Waals surface area contributed by atoms with E-state index in [1.54, 1.807) is 25.3 Å². The number of halogens is 1. The summed E-state index contributed by atoms with van der Waals surface area (Å²) in [5.74, 6) is 0.381. The largest absolute Gasteiger partial charge is 0.497 e. The van der Waals surface area contributed by atoms with Crippen molar-refractivity contribution in [3.8, 4) is 22.6 Å². The number of methoxy groups -OCH3 is 2. The summed E-state index contributed by atoms with van der Waals surface area (Å²) in [6.07, 6.45) is 0. The summed E-state index contributed by atoms with van der Waals surface area (Å²) in [6.45, 7) is -0.301. The van der Waals surface area contributed by atoms with E-state index < -0.39 is 11.6 Å². The molecule has 1 heterocycles. The van der Waals surface area contributed by atoms with Gasteiger partial charge in [0.2, 0.25) is 0 Å². The third-order valence-electron chi connectivity index (χ3n) is 3.77. The van der Waals surface area contributed by atoms with Gasteiger partial charge in [0.15, 0.2) is 6.61 Å². The van der Waals surface area contributed by atoms with E-state index in [2.05, 4.69) is 4.74 Å². The van der Waals surface area contributed by atoms with Crippen LogP contribution < -0.4 is 15.1 Å². The van der Waals surface area contributed by atoms with Crippen molar-refractivity contribution in [1.82, 2.24) is 0 Å². The maximum Gasteiger partial charge on any atom is 0.343 e. The van der Waals surface area contributed by atoms with Gasteiger partial charge in [0.1, 0.15) is 17.1 Å². The molecule has 3 aromatic rings. The number of ether oxygens (including phenoxy) is 3. The second kappa shape index (κ2) is 7.49. The third kappa shape index (κ3) is 3.65. The minimum Gasteiger partial charge on any atom is -0.497 e. The summed E-state index contributed by atoms with van der Waals surface area (Å²) >= 11 is 6.26. The van der Waals surface area contributed by atoms with Gasteiger partial charge in [-0.1, -0.05) is 23.7 Å². The van der Waals surface area contributed by atoms with Crippen LogP contribution in [0.5, 0.6) is 11.5 Å². The highest BCUT2D eigenvalue weighted by molar-refractivity contribution is 6.33. The van der Waals surface area contributed by atoms with Crippen LogP contribution in [0, 0.1) is 0 Å². The van der Waals surface area contributed by atoms with Crippen LogP contribution in [0.4, 0.5) is 0 Å². The first-order valence-corrected chi connectivity index (χ1v) is 8.01. The minimum atomic E-state index is -0.547. The summed E-state index contributed by atoms with van der Waals surface area (Å²) in [4.78, 5) is 23.2. The Morgan fingerprint density at radius 1 is 1.12 bits per heavy atom. The molecule has 0 fully saturated rings. The number of hydrogen-bond donors (Lipinski definition) is 0. The molecule has 0 atom stereocenters. The summed E-state index contributed by atoms with van der Waals surface area (Å²) < 4.78 is 20.3. The smallest absolute Gasteiger partial charge is 0.343 e. The van der Waals surface area contributed by atoms with Crippen molar-refractivity contribution in [2.45, 2.75) is 0 Å². The van der Waals surface area contributed by atoms with E-state index in [1.807, 2.05) is 12.1 Å². The maximum absolute atomic E-state index is 12.0. The van der Waals surface area contributed by atoms with Crippen molar-refractivity contribution >= 4 is 28.5 Å². The molecule has 0 amide bonds. The molecule has 0 saturated heterocycles. The molecule has 6 nitrogen and oxygen atoms in total. The Hall–Kier alpha value is -2.99. The fourth-order valence-electron chi connectivity index (χ4n) is 2.48. The third-order valence-corrected chi connectivity index (χ3v) is 4.07. The zero-order chi connectivity index (χ0) is 18.7. The standard InChI is InChI=1S/C19H15ClO6/c1-23-12-5-3-11(4-6-12)13-8-18(21)26-16-9-17(15(20)7-14(13)16)25-10-19(22)24-2/h3-9H,10H2,1-2H3. The quantitative estimate of drug-likeness (QED) is 0.501. The van der Waals surface area contributed by atoms with Gasteiger partial charge in [0.25, 0.3) is 0 Å². The summed E-state index contributed by atoms with van der Waals surface area (Å²) in [5, 5.41) is 0.926. The van der Waals surface area contributed by atoms with Crippen molar-refractivity contribution in [3.63, 3.8) is 0 Å². The molecule has 0 aliphatic heterocycles. The van der Waals surface area contributed by atoms with Crippen LogP contribution in [0.3, 0.4) is 0 Å². The molecule has 1 aromatic heterocycles. The highest BCUT2D eigenvalue weighted by Gasteiger charge is 2.13. The second-order valence-electron chi connectivity index (χ2n) is 5.35. The van der Waals surface area contributed by atoms with Crippen molar-refractivity contribution in [3.05, 3.63) is 57.9 Å². The Morgan fingerprint density at radius 3 is 2.50 bits per heavy atom. The monoisotopic (exact) mass is 374 g/mol. The van der Waals surface area contributed by atoms with Gasteiger partial charge in [-0.3, -0.25) is 0 Å². The van der Waals surface area contributed by atoms with Gasteiger partial charge in [-0.15, -0.1) is 0 Å².